The Morgan fingerprint density at radius 2 is 1.70 bits per heavy atom. The predicted octanol–water partition coefficient (Wildman–Crippen LogP) is 3.24. The average Bonchev–Trinajstić information content (AvgIpc) is 2.52. The van der Waals surface area contributed by atoms with Gasteiger partial charge in [-0.2, -0.15) is 0 Å². The fourth-order valence-corrected chi connectivity index (χ4v) is 3.94. The van der Waals surface area contributed by atoms with Crippen molar-refractivity contribution in [1.29, 1.82) is 0 Å². The van der Waals surface area contributed by atoms with Crippen molar-refractivity contribution in [3.05, 3.63) is 41.0 Å². The molecular weight excluding hydrogens is 346 g/mol. The Balaban J connectivity index is 1.89. The fraction of sp³-hybridized carbons (Fsp3) is 0.500. The van der Waals surface area contributed by atoms with Crippen molar-refractivity contribution >= 4 is 23.0 Å². The van der Waals surface area contributed by atoms with Crippen molar-refractivity contribution < 1.29 is 4.92 Å². The topological polar surface area (TPSA) is 118 Å². The summed E-state index contributed by atoms with van der Waals surface area (Å²) in [6, 6.07) is 3.49. The number of nitrogens with zero attached hydrogens (tertiary/aromatic N) is 4. The molecule has 0 radical (unpaired) electrons. The van der Waals surface area contributed by atoms with E-state index in [2.05, 4.69) is 58.6 Å². The molecule has 2 aromatic heterocycles. The van der Waals surface area contributed by atoms with Gasteiger partial charge < -0.3 is 16.0 Å². The molecule has 0 unspecified atom stereocenters. The summed E-state index contributed by atoms with van der Waals surface area (Å²) in [5.74, 6) is 0.376. The Morgan fingerprint density at radius 3 is 2.30 bits per heavy atom. The van der Waals surface area contributed by atoms with Crippen molar-refractivity contribution in [3.8, 4) is 0 Å². The number of aromatic nitrogens is 3. The standard InChI is InChI=1S/C18H25N7O2/c1-17(2)9-13(10-18(3,4)24-17)23-16-14(25(26)27)15(20-11-21-16)22-12-5-7-19-8-6-12/h5-8,11,13,24H,9-10H2,1-4H3,(H2,19,20,21,22,23). The lowest BCUT2D eigenvalue weighted by atomic mass is 9.79. The lowest BCUT2D eigenvalue weighted by molar-refractivity contribution is -0.383. The number of nitrogens with one attached hydrogen (secondary N) is 3. The van der Waals surface area contributed by atoms with E-state index in [1.807, 2.05) is 0 Å². The molecule has 1 fully saturated rings. The molecule has 27 heavy (non-hydrogen) atoms. The summed E-state index contributed by atoms with van der Waals surface area (Å²) in [5, 5.41) is 21.6. The number of piperidine rings is 1. The van der Waals surface area contributed by atoms with Gasteiger partial charge in [-0.15, -0.1) is 0 Å². The first kappa shape index (κ1) is 19.0. The van der Waals surface area contributed by atoms with Crippen LogP contribution in [0.4, 0.5) is 23.0 Å². The molecule has 1 saturated heterocycles. The van der Waals surface area contributed by atoms with E-state index in [0.29, 0.717) is 5.69 Å². The van der Waals surface area contributed by atoms with E-state index < -0.39 is 4.92 Å². The van der Waals surface area contributed by atoms with Gasteiger partial charge in [0.05, 0.1) is 4.92 Å². The molecule has 0 saturated carbocycles. The van der Waals surface area contributed by atoms with Crippen LogP contribution in [0.15, 0.2) is 30.9 Å². The van der Waals surface area contributed by atoms with E-state index in [4.69, 9.17) is 0 Å². The summed E-state index contributed by atoms with van der Waals surface area (Å²) in [4.78, 5) is 23.5. The summed E-state index contributed by atoms with van der Waals surface area (Å²) >= 11 is 0. The van der Waals surface area contributed by atoms with Crippen LogP contribution < -0.4 is 16.0 Å². The third-order valence-corrected chi connectivity index (χ3v) is 4.48. The average molecular weight is 371 g/mol. The Morgan fingerprint density at radius 1 is 1.11 bits per heavy atom. The van der Waals surface area contributed by atoms with Crippen molar-refractivity contribution in [1.82, 2.24) is 20.3 Å². The molecule has 1 aliphatic heterocycles. The van der Waals surface area contributed by atoms with Crippen LogP contribution in [0.2, 0.25) is 0 Å². The van der Waals surface area contributed by atoms with Gasteiger partial charge in [0.2, 0.25) is 11.6 Å². The lowest BCUT2D eigenvalue weighted by Gasteiger charge is -2.46. The smallest absolute Gasteiger partial charge is 0.353 e. The van der Waals surface area contributed by atoms with Crippen LogP contribution in [0.1, 0.15) is 40.5 Å². The van der Waals surface area contributed by atoms with E-state index in [1.54, 1.807) is 24.5 Å². The maximum absolute atomic E-state index is 11.8. The molecule has 144 valence electrons. The van der Waals surface area contributed by atoms with E-state index in [1.165, 1.54) is 6.33 Å². The second-order valence-electron chi connectivity index (χ2n) is 8.18. The Labute approximate surface area is 158 Å². The fourth-order valence-electron chi connectivity index (χ4n) is 3.94. The second kappa shape index (κ2) is 7.07. The van der Waals surface area contributed by atoms with E-state index >= 15 is 0 Å². The van der Waals surface area contributed by atoms with Crippen LogP contribution in [0, 0.1) is 10.1 Å². The zero-order valence-corrected chi connectivity index (χ0v) is 16.0. The Hall–Kier alpha value is -2.81. The van der Waals surface area contributed by atoms with Crippen LogP contribution >= 0.6 is 0 Å². The summed E-state index contributed by atoms with van der Waals surface area (Å²) < 4.78 is 0. The van der Waals surface area contributed by atoms with Gasteiger partial charge >= 0.3 is 5.69 Å². The van der Waals surface area contributed by atoms with Gasteiger partial charge in [0.25, 0.3) is 0 Å². The molecule has 0 aliphatic carbocycles. The van der Waals surface area contributed by atoms with Crippen molar-refractivity contribution in [2.45, 2.75) is 57.7 Å². The minimum Gasteiger partial charge on any atom is -0.361 e. The summed E-state index contributed by atoms with van der Waals surface area (Å²) in [7, 11) is 0. The lowest BCUT2D eigenvalue weighted by Crippen LogP contribution is -2.60. The Kier molecular flexibility index (Phi) is 4.97. The van der Waals surface area contributed by atoms with Gasteiger partial charge in [0.15, 0.2) is 0 Å². The monoisotopic (exact) mass is 371 g/mol. The molecule has 2 aromatic rings. The molecule has 0 bridgehead atoms. The van der Waals surface area contributed by atoms with Crippen molar-refractivity contribution in [2.24, 2.45) is 0 Å². The molecule has 0 spiro atoms. The van der Waals surface area contributed by atoms with Gasteiger partial charge in [-0.25, -0.2) is 9.97 Å². The number of anilines is 3. The molecule has 0 amide bonds. The highest BCUT2D eigenvalue weighted by molar-refractivity contribution is 5.73. The molecule has 1 aliphatic rings. The van der Waals surface area contributed by atoms with Crippen LogP contribution in [0.25, 0.3) is 0 Å². The molecule has 0 aromatic carbocycles. The van der Waals surface area contributed by atoms with Crippen LogP contribution in [0.5, 0.6) is 0 Å². The summed E-state index contributed by atoms with van der Waals surface area (Å²) in [5.41, 5.74) is 0.337. The second-order valence-corrected chi connectivity index (χ2v) is 8.18. The number of hydrogen-bond donors (Lipinski definition) is 3. The largest absolute Gasteiger partial charge is 0.361 e. The quantitative estimate of drug-likeness (QED) is 0.541. The Bertz CT molecular complexity index is 808. The molecular formula is C18H25N7O2. The van der Waals surface area contributed by atoms with Crippen LogP contribution in [-0.2, 0) is 0 Å². The van der Waals surface area contributed by atoms with E-state index in [9.17, 15) is 10.1 Å². The van der Waals surface area contributed by atoms with Crippen LogP contribution in [-0.4, -0.2) is 37.0 Å². The van der Waals surface area contributed by atoms with Gasteiger partial charge in [-0.3, -0.25) is 15.1 Å². The zero-order valence-electron chi connectivity index (χ0n) is 16.0. The molecule has 9 nitrogen and oxygen atoms in total. The van der Waals surface area contributed by atoms with Crippen LogP contribution in [0.3, 0.4) is 0 Å². The molecule has 9 heteroatoms. The maximum Gasteiger partial charge on any atom is 0.353 e. The zero-order chi connectivity index (χ0) is 19.7. The van der Waals surface area contributed by atoms with E-state index in [-0.39, 0.29) is 34.4 Å². The molecule has 0 atom stereocenters. The van der Waals surface area contributed by atoms with Gasteiger partial charge in [-0.05, 0) is 52.7 Å². The highest BCUT2D eigenvalue weighted by Crippen LogP contribution is 2.35. The molecule has 3 rings (SSSR count). The number of nitro groups is 1. The maximum atomic E-state index is 11.8. The molecule has 3 N–H and O–H groups in total. The minimum atomic E-state index is -0.455. The highest BCUT2D eigenvalue weighted by atomic mass is 16.6. The first-order valence-corrected chi connectivity index (χ1v) is 8.88. The van der Waals surface area contributed by atoms with Gasteiger partial charge in [-0.1, -0.05) is 0 Å². The van der Waals surface area contributed by atoms with Gasteiger partial charge in [0, 0.05) is 35.2 Å². The SMILES string of the molecule is CC1(C)CC(Nc2ncnc(Nc3ccncc3)c2[N+](=O)[O-])CC(C)(C)N1. The third-order valence-electron chi connectivity index (χ3n) is 4.48. The number of hydrogen-bond acceptors (Lipinski definition) is 8. The summed E-state index contributed by atoms with van der Waals surface area (Å²) in [6.07, 6.45) is 6.19. The number of pyridine rings is 1. The predicted molar refractivity (Wildman–Crippen MR) is 104 cm³/mol. The minimum absolute atomic E-state index is 0.0543. The third kappa shape index (κ3) is 4.68. The first-order chi connectivity index (χ1) is 12.7. The number of rotatable bonds is 5. The van der Waals surface area contributed by atoms with Gasteiger partial charge in [0.1, 0.15) is 6.33 Å². The van der Waals surface area contributed by atoms with E-state index in [0.717, 1.165) is 12.8 Å². The first-order valence-electron chi connectivity index (χ1n) is 8.88. The highest BCUT2D eigenvalue weighted by Gasteiger charge is 2.38. The van der Waals surface area contributed by atoms with Crippen molar-refractivity contribution in [2.75, 3.05) is 10.6 Å². The van der Waals surface area contributed by atoms with Crippen molar-refractivity contribution in [3.63, 3.8) is 0 Å². The molecule has 3 heterocycles. The summed E-state index contributed by atoms with van der Waals surface area (Å²) in [6.45, 7) is 8.53. The normalized spacial score (nSPS) is 18.7.